The summed E-state index contributed by atoms with van der Waals surface area (Å²) in [5.74, 6) is 0.387. The van der Waals surface area contributed by atoms with Gasteiger partial charge in [-0.05, 0) is 43.1 Å². The number of halogens is 3. The lowest BCUT2D eigenvalue weighted by Crippen LogP contribution is -2.50. The van der Waals surface area contributed by atoms with Crippen LogP contribution in [0, 0.1) is 5.92 Å². The Labute approximate surface area is 153 Å². The Bertz CT molecular complexity index is 681. The second kappa shape index (κ2) is 8.69. The molecule has 0 radical (unpaired) electrons. The molecule has 2 unspecified atom stereocenters. The average Bonchev–Trinajstić information content (AvgIpc) is 2.50. The molecule has 2 heterocycles. The van der Waals surface area contributed by atoms with Crippen LogP contribution in [0.2, 0.25) is 5.02 Å². The molecule has 2 N–H and O–H groups in total. The normalized spacial score (nSPS) is 20.3. The number of nitrogens with one attached hydrogen (secondary N) is 2. The van der Waals surface area contributed by atoms with Crippen LogP contribution in [0.3, 0.4) is 0 Å². The van der Waals surface area contributed by atoms with Gasteiger partial charge in [-0.15, -0.1) is 24.8 Å². The van der Waals surface area contributed by atoms with Crippen LogP contribution in [-0.4, -0.2) is 30.0 Å². The standard InChI is InChI=1S/C16H18ClN3O.2ClH/c1-10-6-8-18-9-14(10)20-16(21)12-4-5-13(17)11-3-2-7-19-15(11)12;;/h2-5,7,10,14,18H,6,8-9H2,1H3,(H,20,21);2*1H. The highest BCUT2D eigenvalue weighted by atomic mass is 35.5. The maximum atomic E-state index is 12.6. The van der Waals surface area contributed by atoms with Gasteiger partial charge in [0.05, 0.1) is 16.1 Å². The van der Waals surface area contributed by atoms with Crippen LogP contribution < -0.4 is 10.6 Å². The Kier molecular flexibility index (Phi) is 7.55. The first-order chi connectivity index (χ1) is 10.2. The van der Waals surface area contributed by atoms with Crippen molar-refractivity contribution in [1.82, 2.24) is 15.6 Å². The second-order valence-corrected chi connectivity index (χ2v) is 5.95. The van der Waals surface area contributed by atoms with Crippen LogP contribution in [0.25, 0.3) is 10.9 Å². The minimum Gasteiger partial charge on any atom is -0.348 e. The van der Waals surface area contributed by atoms with Crippen molar-refractivity contribution in [2.45, 2.75) is 19.4 Å². The van der Waals surface area contributed by atoms with Gasteiger partial charge >= 0.3 is 0 Å². The van der Waals surface area contributed by atoms with E-state index in [0.29, 0.717) is 22.0 Å². The largest absolute Gasteiger partial charge is 0.348 e. The zero-order chi connectivity index (χ0) is 14.8. The minimum atomic E-state index is -0.0871. The van der Waals surface area contributed by atoms with E-state index in [1.807, 2.05) is 12.1 Å². The molecule has 2 atom stereocenters. The summed E-state index contributed by atoms with van der Waals surface area (Å²) < 4.78 is 0. The van der Waals surface area contributed by atoms with E-state index in [2.05, 4.69) is 22.5 Å². The van der Waals surface area contributed by atoms with Crippen molar-refractivity contribution < 1.29 is 4.79 Å². The van der Waals surface area contributed by atoms with Gasteiger partial charge < -0.3 is 10.6 Å². The van der Waals surface area contributed by atoms with Crippen LogP contribution in [-0.2, 0) is 0 Å². The summed E-state index contributed by atoms with van der Waals surface area (Å²) in [5.41, 5.74) is 1.23. The van der Waals surface area contributed by atoms with Gasteiger partial charge in [0.2, 0.25) is 0 Å². The number of aromatic nitrogens is 1. The van der Waals surface area contributed by atoms with Crippen molar-refractivity contribution in [3.63, 3.8) is 0 Å². The quantitative estimate of drug-likeness (QED) is 0.844. The molecule has 23 heavy (non-hydrogen) atoms. The van der Waals surface area contributed by atoms with Crippen molar-refractivity contribution in [3.8, 4) is 0 Å². The van der Waals surface area contributed by atoms with Crippen molar-refractivity contribution in [2.24, 2.45) is 5.92 Å². The smallest absolute Gasteiger partial charge is 0.253 e. The first-order valence-electron chi connectivity index (χ1n) is 7.21. The summed E-state index contributed by atoms with van der Waals surface area (Å²) in [6, 6.07) is 7.35. The number of rotatable bonds is 2. The number of nitrogens with zero attached hydrogens (tertiary/aromatic N) is 1. The molecule has 0 spiro atoms. The molecule has 1 aromatic heterocycles. The number of carbonyl (C=O) groups is 1. The van der Waals surface area contributed by atoms with Crippen LogP contribution in [0.4, 0.5) is 0 Å². The average molecular weight is 377 g/mol. The molecule has 7 heteroatoms. The third-order valence-corrected chi connectivity index (χ3v) is 4.43. The van der Waals surface area contributed by atoms with Gasteiger partial charge in [0.25, 0.3) is 5.91 Å². The molecule has 0 saturated carbocycles. The molecular weight excluding hydrogens is 357 g/mol. The van der Waals surface area contributed by atoms with E-state index in [9.17, 15) is 4.79 Å². The lowest BCUT2D eigenvalue weighted by Gasteiger charge is -2.30. The van der Waals surface area contributed by atoms with Gasteiger partial charge in [0.15, 0.2) is 0 Å². The van der Waals surface area contributed by atoms with E-state index in [-0.39, 0.29) is 36.8 Å². The number of fused-ring (bicyclic) bond motifs is 1. The summed E-state index contributed by atoms with van der Waals surface area (Å²) in [7, 11) is 0. The van der Waals surface area contributed by atoms with Gasteiger partial charge in [-0.3, -0.25) is 9.78 Å². The molecule has 1 saturated heterocycles. The van der Waals surface area contributed by atoms with Crippen LogP contribution in [0.15, 0.2) is 30.5 Å². The van der Waals surface area contributed by atoms with Crippen molar-refractivity contribution in [1.29, 1.82) is 0 Å². The third-order valence-electron chi connectivity index (χ3n) is 4.11. The summed E-state index contributed by atoms with van der Waals surface area (Å²) in [4.78, 5) is 16.9. The van der Waals surface area contributed by atoms with Gasteiger partial charge in [0.1, 0.15) is 0 Å². The van der Waals surface area contributed by atoms with E-state index < -0.39 is 0 Å². The topological polar surface area (TPSA) is 54.0 Å². The van der Waals surface area contributed by atoms with Gasteiger partial charge in [-0.2, -0.15) is 0 Å². The molecule has 2 aromatic rings. The van der Waals surface area contributed by atoms with E-state index in [0.717, 1.165) is 24.9 Å². The molecule has 1 aliphatic heterocycles. The van der Waals surface area contributed by atoms with Gasteiger partial charge in [-0.1, -0.05) is 18.5 Å². The fraction of sp³-hybridized carbons (Fsp3) is 0.375. The first kappa shape index (κ1) is 20.0. The summed E-state index contributed by atoms with van der Waals surface area (Å²) in [5, 5.41) is 7.85. The molecule has 1 aromatic carbocycles. The van der Waals surface area contributed by atoms with Crippen molar-refractivity contribution >= 4 is 53.2 Å². The van der Waals surface area contributed by atoms with E-state index in [1.165, 1.54) is 0 Å². The fourth-order valence-electron chi connectivity index (χ4n) is 2.75. The minimum absolute atomic E-state index is 0. The second-order valence-electron chi connectivity index (χ2n) is 5.54. The summed E-state index contributed by atoms with van der Waals surface area (Å²) in [6.07, 6.45) is 2.75. The van der Waals surface area contributed by atoms with Crippen LogP contribution in [0.5, 0.6) is 0 Å². The molecule has 1 fully saturated rings. The maximum Gasteiger partial charge on any atom is 0.253 e. The molecule has 0 bridgehead atoms. The van der Waals surface area contributed by atoms with E-state index in [1.54, 1.807) is 18.3 Å². The number of amides is 1. The number of hydrogen-bond acceptors (Lipinski definition) is 3. The summed E-state index contributed by atoms with van der Waals surface area (Å²) >= 11 is 6.17. The lowest BCUT2D eigenvalue weighted by atomic mass is 9.94. The highest BCUT2D eigenvalue weighted by molar-refractivity contribution is 6.36. The van der Waals surface area contributed by atoms with Crippen LogP contribution >= 0.6 is 36.4 Å². The number of benzene rings is 1. The molecule has 1 amide bonds. The molecule has 126 valence electrons. The van der Waals surface area contributed by atoms with Gasteiger partial charge in [0, 0.05) is 24.2 Å². The lowest BCUT2D eigenvalue weighted by molar-refractivity contribution is 0.0917. The molecule has 0 aliphatic carbocycles. The fourth-order valence-corrected chi connectivity index (χ4v) is 2.97. The summed E-state index contributed by atoms with van der Waals surface area (Å²) in [6.45, 7) is 3.99. The Balaban J connectivity index is 0.00000132. The van der Waals surface area contributed by atoms with Crippen molar-refractivity contribution in [2.75, 3.05) is 13.1 Å². The molecular formula is C16H20Cl3N3O. The number of carbonyl (C=O) groups excluding carboxylic acids is 1. The molecule has 3 rings (SSSR count). The highest BCUT2D eigenvalue weighted by Gasteiger charge is 2.24. The Morgan fingerprint density at radius 1 is 1.35 bits per heavy atom. The number of hydrogen-bond donors (Lipinski definition) is 2. The predicted octanol–water partition coefficient (Wildman–Crippen LogP) is 3.46. The Hall–Kier alpha value is -1.07. The number of pyridine rings is 1. The highest BCUT2D eigenvalue weighted by Crippen LogP contribution is 2.25. The monoisotopic (exact) mass is 375 g/mol. The Morgan fingerprint density at radius 3 is 2.87 bits per heavy atom. The maximum absolute atomic E-state index is 12.6. The zero-order valence-corrected chi connectivity index (χ0v) is 15.1. The zero-order valence-electron chi connectivity index (χ0n) is 12.7. The van der Waals surface area contributed by atoms with Gasteiger partial charge in [-0.25, -0.2) is 0 Å². The van der Waals surface area contributed by atoms with E-state index in [4.69, 9.17) is 11.6 Å². The molecule has 1 aliphatic rings. The molecule has 4 nitrogen and oxygen atoms in total. The predicted molar refractivity (Wildman–Crippen MR) is 99.2 cm³/mol. The van der Waals surface area contributed by atoms with Crippen LogP contribution in [0.1, 0.15) is 23.7 Å². The SMILES string of the molecule is CC1CCNCC1NC(=O)c1ccc(Cl)c2cccnc12.Cl.Cl. The number of piperidine rings is 1. The first-order valence-corrected chi connectivity index (χ1v) is 7.59. The Morgan fingerprint density at radius 2 is 2.13 bits per heavy atom. The van der Waals surface area contributed by atoms with Crippen molar-refractivity contribution in [3.05, 3.63) is 41.0 Å². The van der Waals surface area contributed by atoms with E-state index >= 15 is 0 Å². The third kappa shape index (κ3) is 4.27.